The van der Waals surface area contributed by atoms with Gasteiger partial charge in [0.05, 0.1) is 19.4 Å². The number of carbonyl (C=O) groups is 6. The minimum Gasteiger partial charge on any atom is -0.508 e. The lowest BCUT2D eigenvalue weighted by Gasteiger charge is -2.24. The second-order valence-corrected chi connectivity index (χ2v) is 7.45. The van der Waals surface area contributed by atoms with E-state index in [0.29, 0.717) is 5.56 Å². The fourth-order valence-electron chi connectivity index (χ4n) is 2.77. The van der Waals surface area contributed by atoms with Gasteiger partial charge in [0.2, 0.25) is 23.6 Å². The molecule has 11 N–H and O–H groups in total. The molecule has 0 aliphatic carbocycles. The lowest BCUT2D eigenvalue weighted by Crippen LogP contribution is -2.58. The first kappa shape index (κ1) is 28.8. The van der Waals surface area contributed by atoms with Gasteiger partial charge in [-0.05, 0) is 17.7 Å². The van der Waals surface area contributed by atoms with Crippen LogP contribution in [0.15, 0.2) is 24.3 Å². The van der Waals surface area contributed by atoms with E-state index < -0.39 is 79.2 Å². The van der Waals surface area contributed by atoms with Crippen LogP contribution in [0.3, 0.4) is 0 Å². The lowest BCUT2D eigenvalue weighted by molar-refractivity contribution is -0.147. The normalized spacial score (nSPS) is 14.0. The summed E-state index contributed by atoms with van der Waals surface area (Å²) in [5, 5.41) is 42.8. The van der Waals surface area contributed by atoms with Crippen molar-refractivity contribution in [3.63, 3.8) is 0 Å². The maximum atomic E-state index is 12.9. The molecule has 15 nitrogen and oxygen atoms in total. The number of carboxylic acids is 2. The van der Waals surface area contributed by atoms with Gasteiger partial charge in [-0.3, -0.25) is 24.0 Å². The molecule has 1 aromatic rings. The second kappa shape index (κ2) is 13.5. The number of nitrogens with two attached hydrogens (primary N) is 2. The van der Waals surface area contributed by atoms with Crippen LogP contribution in [0.2, 0.25) is 0 Å². The van der Waals surface area contributed by atoms with Crippen LogP contribution in [0.4, 0.5) is 0 Å². The van der Waals surface area contributed by atoms with E-state index in [0.717, 1.165) is 0 Å². The van der Waals surface area contributed by atoms with Gasteiger partial charge in [0, 0.05) is 6.42 Å². The minimum atomic E-state index is -1.86. The first-order valence-electron chi connectivity index (χ1n) is 10.1. The Morgan fingerprint density at radius 3 is 1.80 bits per heavy atom. The Morgan fingerprint density at radius 2 is 1.31 bits per heavy atom. The monoisotopic (exact) mass is 497 g/mol. The Kier molecular flexibility index (Phi) is 11.1. The Hall–Kier alpha value is -4.24. The number of carboxylic acid groups (broad SMARTS) is 2. The molecule has 0 bridgehead atoms. The number of aliphatic hydroxyl groups excluding tert-OH is 1. The number of hydrogen-bond acceptors (Lipinski definition) is 9. The summed E-state index contributed by atoms with van der Waals surface area (Å²) >= 11 is 0. The number of phenols is 1. The highest BCUT2D eigenvalue weighted by molar-refractivity contribution is 5.96. The van der Waals surface area contributed by atoms with Gasteiger partial charge in [0.15, 0.2) is 0 Å². The van der Waals surface area contributed by atoms with E-state index in [1.165, 1.54) is 24.3 Å². The van der Waals surface area contributed by atoms with Crippen molar-refractivity contribution in [1.82, 2.24) is 16.0 Å². The van der Waals surface area contributed by atoms with Crippen LogP contribution in [0.25, 0.3) is 0 Å². The van der Waals surface area contributed by atoms with Gasteiger partial charge in [-0.2, -0.15) is 0 Å². The molecule has 0 aromatic heterocycles. The molecule has 0 unspecified atom stereocenters. The summed E-state index contributed by atoms with van der Waals surface area (Å²) in [6.07, 6.45) is -1.92. The van der Waals surface area contributed by atoms with E-state index in [9.17, 15) is 33.9 Å². The molecule has 35 heavy (non-hydrogen) atoms. The number of aliphatic hydroxyl groups is 1. The fourth-order valence-corrected chi connectivity index (χ4v) is 2.77. The highest BCUT2D eigenvalue weighted by Crippen LogP contribution is 2.12. The molecule has 1 aromatic carbocycles. The van der Waals surface area contributed by atoms with Gasteiger partial charge in [-0.15, -0.1) is 0 Å². The third-order valence-corrected chi connectivity index (χ3v) is 4.57. The standard InChI is InChI=1S/C20H27N5O10/c21-11(8-26)17(31)23-12(5-9-1-3-10(27)4-2-9)18(32)24-13(6-15(22)28)19(33)25-14(20(34)35)7-16(29)30/h1-4,11-14,26-27H,5-8,21H2,(H2,22,28)(H,23,31)(H,24,32)(H,25,33)(H,29,30)(H,34,35)/t11-,12-,13-,14-/m0/s1. The smallest absolute Gasteiger partial charge is 0.326 e. The van der Waals surface area contributed by atoms with Gasteiger partial charge in [-0.25, -0.2) is 4.79 Å². The lowest BCUT2D eigenvalue weighted by atomic mass is 10.0. The Morgan fingerprint density at radius 1 is 0.800 bits per heavy atom. The van der Waals surface area contributed by atoms with Crippen LogP contribution >= 0.6 is 0 Å². The van der Waals surface area contributed by atoms with Crippen molar-refractivity contribution in [3.05, 3.63) is 29.8 Å². The van der Waals surface area contributed by atoms with E-state index in [1.807, 2.05) is 5.32 Å². The third-order valence-electron chi connectivity index (χ3n) is 4.57. The third kappa shape index (κ3) is 10.1. The molecule has 1 rings (SSSR count). The Bertz CT molecular complexity index is 952. The fraction of sp³-hybridized carbons (Fsp3) is 0.400. The largest absolute Gasteiger partial charge is 0.508 e. The van der Waals surface area contributed by atoms with Gasteiger partial charge >= 0.3 is 11.9 Å². The predicted octanol–water partition coefficient (Wildman–Crippen LogP) is -3.86. The van der Waals surface area contributed by atoms with E-state index in [2.05, 4.69) is 10.6 Å². The molecule has 0 saturated heterocycles. The summed E-state index contributed by atoms with van der Waals surface area (Å²) in [6.45, 7) is -0.730. The number of phenolic OH excluding ortho intramolecular Hbond substituents is 1. The summed E-state index contributed by atoms with van der Waals surface area (Å²) in [7, 11) is 0. The molecular weight excluding hydrogens is 470 g/mol. The summed E-state index contributed by atoms with van der Waals surface area (Å²) in [5.41, 5.74) is 11.0. The highest BCUT2D eigenvalue weighted by atomic mass is 16.4. The summed E-state index contributed by atoms with van der Waals surface area (Å²) in [4.78, 5) is 71.2. The predicted molar refractivity (Wildman–Crippen MR) is 116 cm³/mol. The molecule has 192 valence electrons. The molecule has 0 radical (unpaired) electrons. The number of benzene rings is 1. The van der Waals surface area contributed by atoms with Gasteiger partial charge < -0.3 is 47.8 Å². The van der Waals surface area contributed by atoms with Crippen LogP contribution in [0.1, 0.15) is 18.4 Å². The van der Waals surface area contributed by atoms with Crippen LogP contribution in [-0.2, 0) is 35.2 Å². The number of nitrogens with one attached hydrogen (secondary N) is 3. The van der Waals surface area contributed by atoms with Crippen molar-refractivity contribution in [2.45, 2.75) is 43.4 Å². The Balaban J connectivity index is 3.13. The number of aliphatic carboxylic acids is 2. The maximum absolute atomic E-state index is 12.9. The van der Waals surface area contributed by atoms with E-state index in [-0.39, 0.29) is 12.2 Å². The topological polar surface area (TPSA) is 271 Å². The first-order valence-corrected chi connectivity index (χ1v) is 10.1. The number of amides is 4. The van der Waals surface area contributed by atoms with Crippen molar-refractivity contribution >= 4 is 35.6 Å². The van der Waals surface area contributed by atoms with Gasteiger partial charge in [0.25, 0.3) is 0 Å². The van der Waals surface area contributed by atoms with Crippen LogP contribution in [0.5, 0.6) is 5.75 Å². The first-order chi connectivity index (χ1) is 16.3. The molecule has 4 atom stereocenters. The van der Waals surface area contributed by atoms with Crippen molar-refractivity contribution in [3.8, 4) is 5.75 Å². The SMILES string of the molecule is NC(=O)C[C@H](NC(=O)[C@H](Cc1ccc(O)cc1)NC(=O)[C@@H](N)CO)C(=O)N[C@@H](CC(=O)O)C(=O)O. The van der Waals surface area contributed by atoms with Crippen LogP contribution in [0, 0.1) is 0 Å². The summed E-state index contributed by atoms with van der Waals surface area (Å²) < 4.78 is 0. The Labute approximate surface area is 198 Å². The molecule has 0 aliphatic heterocycles. The number of carbonyl (C=O) groups excluding carboxylic acids is 4. The van der Waals surface area contributed by atoms with Crippen molar-refractivity contribution in [2.24, 2.45) is 11.5 Å². The molecular formula is C20H27N5O10. The van der Waals surface area contributed by atoms with Crippen LogP contribution < -0.4 is 27.4 Å². The van der Waals surface area contributed by atoms with E-state index in [1.54, 1.807) is 0 Å². The van der Waals surface area contributed by atoms with Crippen molar-refractivity contribution < 1.29 is 49.2 Å². The van der Waals surface area contributed by atoms with Gasteiger partial charge in [0.1, 0.15) is 29.9 Å². The van der Waals surface area contributed by atoms with Crippen molar-refractivity contribution in [2.75, 3.05) is 6.61 Å². The molecule has 15 heteroatoms. The van der Waals surface area contributed by atoms with E-state index >= 15 is 0 Å². The summed E-state index contributed by atoms with van der Waals surface area (Å²) in [6, 6.07) is -0.782. The molecule has 0 aliphatic rings. The maximum Gasteiger partial charge on any atom is 0.326 e. The molecule has 0 fully saturated rings. The van der Waals surface area contributed by atoms with Gasteiger partial charge in [-0.1, -0.05) is 12.1 Å². The van der Waals surface area contributed by atoms with E-state index in [4.69, 9.17) is 26.8 Å². The number of hydrogen-bond donors (Lipinski definition) is 9. The zero-order valence-corrected chi connectivity index (χ0v) is 18.3. The summed E-state index contributed by atoms with van der Waals surface area (Å²) in [5.74, 6) is -7.40. The minimum absolute atomic E-state index is 0.0615. The quantitative estimate of drug-likeness (QED) is 0.120. The zero-order valence-electron chi connectivity index (χ0n) is 18.3. The average molecular weight is 497 g/mol. The zero-order chi connectivity index (χ0) is 26.7. The average Bonchev–Trinajstić information content (AvgIpc) is 2.77. The number of rotatable bonds is 14. The second-order valence-electron chi connectivity index (χ2n) is 7.45. The number of aromatic hydroxyl groups is 1. The molecule has 0 spiro atoms. The molecule has 0 heterocycles. The van der Waals surface area contributed by atoms with Crippen LogP contribution in [-0.4, -0.2) is 86.8 Å². The molecule has 0 saturated carbocycles. The number of primary amides is 1. The van der Waals surface area contributed by atoms with Crippen molar-refractivity contribution in [1.29, 1.82) is 0 Å². The highest BCUT2D eigenvalue weighted by Gasteiger charge is 2.32. The molecule has 4 amide bonds.